The lowest BCUT2D eigenvalue weighted by atomic mass is 9.96. The van der Waals surface area contributed by atoms with Crippen LogP contribution in [0.4, 0.5) is 5.69 Å². The number of nitrogens with one attached hydrogen (secondary N) is 1. The fourth-order valence-corrected chi connectivity index (χ4v) is 2.26. The summed E-state index contributed by atoms with van der Waals surface area (Å²) in [7, 11) is 4.06. The first kappa shape index (κ1) is 16.0. The molecular weight excluding hydrogens is 236 g/mol. The Hall–Kier alpha value is -1.06. The van der Waals surface area contributed by atoms with Crippen LogP contribution in [0.5, 0.6) is 0 Å². The van der Waals surface area contributed by atoms with Crippen LogP contribution in [0.25, 0.3) is 0 Å². The first-order valence-corrected chi connectivity index (χ1v) is 7.09. The second-order valence-corrected chi connectivity index (χ2v) is 5.63. The van der Waals surface area contributed by atoms with Gasteiger partial charge < -0.3 is 15.3 Å². The van der Waals surface area contributed by atoms with Crippen molar-refractivity contribution < 1.29 is 5.11 Å². The summed E-state index contributed by atoms with van der Waals surface area (Å²) in [5, 5.41) is 12.5. The number of benzene rings is 1. The van der Waals surface area contributed by atoms with E-state index in [2.05, 4.69) is 55.4 Å². The molecule has 0 radical (unpaired) electrons. The van der Waals surface area contributed by atoms with E-state index >= 15 is 0 Å². The van der Waals surface area contributed by atoms with Crippen molar-refractivity contribution in [1.29, 1.82) is 0 Å². The molecule has 0 spiro atoms. The SMILES string of the molecule is CNC(C)(CO)CCCCN(C)c1ccccc1C. The molecule has 0 amide bonds. The third-order valence-corrected chi connectivity index (χ3v) is 3.95. The van der Waals surface area contributed by atoms with Gasteiger partial charge in [0.05, 0.1) is 6.61 Å². The summed E-state index contributed by atoms with van der Waals surface area (Å²) in [5.74, 6) is 0. The number of likely N-dealkylation sites (N-methyl/N-ethyl adjacent to an activating group) is 1. The molecule has 1 atom stereocenters. The van der Waals surface area contributed by atoms with Gasteiger partial charge in [-0.2, -0.15) is 0 Å². The third-order valence-electron chi connectivity index (χ3n) is 3.95. The van der Waals surface area contributed by atoms with E-state index in [-0.39, 0.29) is 12.1 Å². The van der Waals surface area contributed by atoms with Crippen molar-refractivity contribution in [3.05, 3.63) is 29.8 Å². The molecule has 3 heteroatoms. The Balaban J connectivity index is 2.36. The molecule has 0 fully saturated rings. The Morgan fingerprint density at radius 3 is 2.53 bits per heavy atom. The van der Waals surface area contributed by atoms with E-state index in [0.717, 1.165) is 25.8 Å². The molecule has 0 heterocycles. The van der Waals surface area contributed by atoms with E-state index < -0.39 is 0 Å². The predicted octanol–water partition coefficient (Wildman–Crippen LogP) is 2.57. The van der Waals surface area contributed by atoms with Crippen LogP contribution in [0.15, 0.2) is 24.3 Å². The molecular formula is C16H28N2O. The van der Waals surface area contributed by atoms with Gasteiger partial charge in [-0.25, -0.2) is 0 Å². The smallest absolute Gasteiger partial charge is 0.0610 e. The standard InChI is InChI=1S/C16H28N2O/c1-14-9-5-6-10-15(14)18(4)12-8-7-11-16(2,13-19)17-3/h5-6,9-10,17,19H,7-8,11-13H2,1-4H3. The third kappa shape index (κ3) is 4.84. The fraction of sp³-hybridized carbons (Fsp3) is 0.625. The highest BCUT2D eigenvalue weighted by molar-refractivity contribution is 5.52. The number of aryl methyl sites for hydroxylation is 1. The molecule has 1 aromatic rings. The van der Waals surface area contributed by atoms with E-state index in [1.165, 1.54) is 11.3 Å². The molecule has 0 aliphatic rings. The maximum absolute atomic E-state index is 9.34. The molecule has 19 heavy (non-hydrogen) atoms. The molecule has 1 aromatic carbocycles. The highest BCUT2D eigenvalue weighted by Crippen LogP contribution is 2.19. The van der Waals surface area contributed by atoms with Crippen LogP contribution in [0, 0.1) is 6.92 Å². The molecule has 1 unspecified atom stereocenters. The van der Waals surface area contributed by atoms with E-state index in [4.69, 9.17) is 0 Å². The summed E-state index contributed by atoms with van der Waals surface area (Å²) in [6.45, 7) is 5.46. The number of hydrogen-bond acceptors (Lipinski definition) is 3. The Morgan fingerprint density at radius 1 is 1.26 bits per heavy atom. The number of rotatable bonds is 8. The summed E-state index contributed by atoms with van der Waals surface area (Å²) in [6, 6.07) is 8.48. The quantitative estimate of drug-likeness (QED) is 0.708. The summed E-state index contributed by atoms with van der Waals surface area (Å²) in [4.78, 5) is 2.31. The topological polar surface area (TPSA) is 35.5 Å². The second-order valence-electron chi connectivity index (χ2n) is 5.63. The van der Waals surface area contributed by atoms with Crippen LogP contribution in [0.3, 0.4) is 0 Å². The van der Waals surface area contributed by atoms with Crippen molar-refractivity contribution >= 4 is 5.69 Å². The Bertz CT molecular complexity index is 375. The van der Waals surface area contributed by atoms with Gasteiger partial charge in [0, 0.05) is 24.8 Å². The maximum atomic E-state index is 9.34. The van der Waals surface area contributed by atoms with Crippen molar-refractivity contribution in [3.8, 4) is 0 Å². The number of hydrogen-bond donors (Lipinski definition) is 2. The molecule has 108 valence electrons. The minimum absolute atomic E-state index is 0.138. The van der Waals surface area contributed by atoms with Gasteiger partial charge in [-0.3, -0.25) is 0 Å². The molecule has 3 nitrogen and oxygen atoms in total. The number of aliphatic hydroxyl groups excluding tert-OH is 1. The number of unbranched alkanes of at least 4 members (excludes halogenated alkanes) is 1. The number of nitrogens with zero attached hydrogens (tertiary/aromatic N) is 1. The van der Waals surface area contributed by atoms with Crippen molar-refractivity contribution in [1.82, 2.24) is 5.32 Å². The minimum Gasteiger partial charge on any atom is -0.394 e. The lowest BCUT2D eigenvalue weighted by molar-refractivity contribution is 0.171. The van der Waals surface area contributed by atoms with Crippen molar-refractivity contribution in [2.45, 2.75) is 38.6 Å². The Labute approximate surface area is 117 Å². The van der Waals surface area contributed by atoms with E-state index in [9.17, 15) is 5.11 Å². The molecule has 0 aromatic heterocycles. The van der Waals surface area contributed by atoms with E-state index in [1.54, 1.807) is 0 Å². The number of para-hydroxylation sites is 1. The highest BCUT2D eigenvalue weighted by atomic mass is 16.3. The normalized spacial score (nSPS) is 14.2. The van der Waals surface area contributed by atoms with Crippen molar-refractivity contribution in [2.24, 2.45) is 0 Å². The first-order valence-electron chi connectivity index (χ1n) is 7.09. The monoisotopic (exact) mass is 264 g/mol. The van der Waals surface area contributed by atoms with Gasteiger partial charge in [-0.05, 0) is 51.8 Å². The van der Waals surface area contributed by atoms with Gasteiger partial charge in [-0.1, -0.05) is 18.2 Å². The van der Waals surface area contributed by atoms with Gasteiger partial charge in [0.1, 0.15) is 0 Å². The van der Waals surface area contributed by atoms with Gasteiger partial charge in [0.2, 0.25) is 0 Å². The molecule has 1 rings (SSSR count). The molecule has 0 saturated heterocycles. The zero-order chi connectivity index (χ0) is 14.3. The average Bonchev–Trinajstić information content (AvgIpc) is 2.43. The summed E-state index contributed by atoms with van der Waals surface area (Å²) >= 11 is 0. The van der Waals surface area contributed by atoms with Crippen LogP contribution < -0.4 is 10.2 Å². The lowest BCUT2D eigenvalue weighted by Crippen LogP contribution is -2.43. The lowest BCUT2D eigenvalue weighted by Gasteiger charge is -2.27. The summed E-state index contributed by atoms with van der Waals surface area (Å²) in [5.41, 5.74) is 2.49. The van der Waals surface area contributed by atoms with Gasteiger partial charge in [0.25, 0.3) is 0 Å². The number of aliphatic hydroxyl groups is 1. The molecule has 2 N–H and O–H groups in total. The number of anilines is 1. The summed E-state index contributed by atoms with van der Waals surface area (Å²) < 4.78 is 0. The van der Waals surface area contributed by atoms with Crippen LogP contribution >= 0.6 is 0 Å². The zero-order valence-corrected chi connectivity index (χ0v) is 12.7. The summed E-state index contributed by atoms with van der Waals surface area (Å²) in [6.07, 6.45) is 3.26. The van der Waals surface area contributed by atoms with Crippen LogP contribution in [-0.4, -0.2) is 37.9 Å². The largest absolute Gasteiger partial charge is 0.394 e. The molecule has 0 bridgehead atoms. The van der Waals surface area contributed by atoms with Gasteiger partial charge >= 0.3 is 0 Å². The van der Waals surface area contributed by atoms with Crippen LogP contribution in [0.1, 0.15) is 31.7 Å². The first-order chi connectivity index (χ1) is 9.02. The average molecular weight is 264 g/mol. The predicted molar refractivity (Wildman–Crippen MR) is 82.9 cm³/mol. The van der Waals surface area contributed by atoms with Crippen molar-refractivity contribution in [3.63, 3.8) is 0 Å². The van der Waals surface area contributed by atoms with Crippen molar-refractivity contribution in [2.75, 3.05) is 32.1 Å². The minimum atomic E-state index is -0.138. The maximum Gasteiger partial charge on any atom is 0.0610 e. The molecule has 0 aliphatic carbocycles. The Kier molecular flexibility index (Phi) is 6.32. The van der Waals surface area contributed by atoms with Gasteiger partial charge in [-0.15, -0.1) is 0 Å². The molecule has 0 aliphatic heterocycles. The van der Waals surface area contributed by atoms with Gasteiger partial charge in [0.15, 0.2) is 0 Å². The fourth-order valence-electron chi connectivity index (χ4n) is 2.26. The molecule has 0 saturated carbocycles. The Morgan fingerprint density at radius 2 is 1.95 bits per heavy atom. The second kappa shape index (κ2) is 7.51. The van der Waals surface area contributed by atoms with E-state index in [0.29, 0.717) is 0 Å². The van der Waals surface area contributed by atoms with Crippen LogP contribution in [-0.2, 0) is 0 Å². The van der Waals surface area contributed by atoms with Crippen LogP contribution in [0.2, 0.25) is 0 Å². The zero-order valence-electron chi connectivity index (χ0n) is 12.7. The van der Waals surface area contributed by atoms with E-state index in [1.807, 2.05) is 7.05 Å². The highest BCUT2D eigenvalue weighted by Gasteiger charge is 2.19.